The van der Waals surface area contributed by atoms with Crippen LogP contribution in [0.5, 0.6) is 5.75 Å². The molecular weight excluding hydrogens is 398 g/mol. The largest absolute Gasteiger partial charge is 0.484 e. The Bertz CT molecular complexity index is 938. The summed E-state index contributed by atoms with van der Waals surface area (Å²) in [6.45, 7) is 2.06. The Kier molecular flexibility index (Phi) is 6.12. The third-order valence-electron chi connectivity index (χ3n) is 3.52. The van der Waals surface area contributed by atoms with E-state index in [1.165, 1.54) is 6.21 Å². The smallest absolute Gasteiger partial charge is 0.299 e. The van der Waals surface area contributed by atoms with Crippen molar-refractivity contribution >= 4 is 29.6 Å². The number of aryl methyl sites for hydroxylation is 1. The predicted octanol–water partition coefficient (Wildman–Crippen LogP) is 4.95. The van der Waals surface area contributed by atoms with Crippen LogP contribution in [0.2, 0.25) is 5.02 Å². The van der Waals surface area contributed by atoms with E-state index in [1.807, 2.05) is 19.1 Å². The highest BCUT2D eigenvalue weighted by Gasteiger charge is 2.19. The van der Waals surface area contributed by atoms with Crippen molar-refractivity contribution in [2.75, 3.05) is 6.26 Å². The topological polar surface area (TPSA) is 65.4 Å². The number of thioether (sulfide) groups is 1. The fourth-order valence-electron chi connectivity index (χ4n) is 2.25. The lowest BCUT2D eigenvalue weighted by molar-refractivity contribution is 0.135. The van der Waals surface area contributed by atoms with Crippen molar-refractivity contribution in [1.82, 2.24) is 14.9 Å². The number of halogens is 3. The Morgan fingerprint density at radius 1 is 1.33 bits per heavy atom. The number of para-hydroxylation sites is 1. The van der Waals surface area contributed by atoms with Crippen LogP contribution < -0.4 is 4.74 Å². The van der Waals surface area contributed by atoms with E-state index in [0.29, 0.717) is 22.3 Å². The molecule has 0 unspecified atom stereocenters. The summed E-state index contributed by atoms with van der Waals surface area (Å²) >= 11 is 7.28. The standard InChI is InChI=1S/C17H15ClF2N4O2S/c1-10-4-3-5-13(18)14(10)25-9-12-7-6-11(26-12)8-21-24-16(15(19)20)22-23-17(24)27-2/h3-8,15H,9H2,1-2H3/b21-8+. The van der Waals surface area contributed by atoms with Gasteiger partial charge in [0.25, 0.3) is 6.43 Å². The van der Waals surface area contributed by atoms with Gasteiger partial charge in [0.2, 0.25) is 11.0 Å². The minimum atomic E-state index is -2.78. The van der Waals surface area contributed by atoms with Crippen LogP contribution in [0.25, 0.3) is 0 Å². The Morgan fingerprint density at radius 2 is 2.15 bits per heavy atom. The first kappa shape index (κ1) is 19.4. The van der Waals surface area contributed by atoms with Crippen molar-refractivity contribution < 1.29 is 17.9 Å². The van der Waals surface area contributed by atoms with Crippen molar-refractivity contribution in [2.24, 2.45) is 5.10 Å². The minimum absolute atomic E-state index is 0.170. The van der Waals surface area contributed by atoms with Gasteiger partial charge >= 0.3 is 0 Å². The zero-order valence-corrected chi connectivity index (χ0v) is 16.0. The summed E-state index contributed by atoms with van der Waals surface area (Å²) in [5.74, 6) is 0.977. The molecule has 142 valence electrons. The molecule has 3 aromatic rings. The summed E-state index contributed by atoms with van der Waals surface area (Å²) in [6.07, 6.45) is 0.235. The number of rotatable bonds is 7. The first-order chi connectivity index (χ1) is 13.0. The van der Waals surface area contributed by atoms with Gasteiger partial charge in [-0.25, -0.2) is 8.78 Å². The number of hydrogen-bond acceptors (Lipinski definition) is 6. The zero-order valence-electron chi connectivity index (χ0n) is 14.4. The fraction of sp³-hybridized carbons (Fsp3) is 0.235. The van der Waals surface area contributed by atoms with E-state index < -0.39 is 12.2 Å². The number of alkyl halides is 2. The molecule has 27 heavy (non-hydrogen) atoms. The first-order valence-corrected chi connectivity index (χ1v) is 9.38. The van der Waals surface area contributed by atoms with Crippen molar-refractivity contribution in [2.45, 2.75) is 25.1 Å². The average molecular weight is 413 g/mol. The number of furan rings is 1. The third-order valence-corrected chi connectivity index (χ3v) is 4.44. The molecule has 0 N–H and O–H groups in total. The highest BCUT2D eigenvalue weighted by Crippen LogP contribution is 2.28. The van der Waals surface area contributed by atoms with Gasteiger partial charge in [-0.2, -0.15) is 9.78 Å². The number of ether oxygens (including phenoxy) is 1. The van der Waals surface area contributed by atoms with E-state index in [1.54, 1.807) is 24.5 Å². The summed E-state index contributed by atoms with van der Waals surface area (Å²) in [5.41, 5.74) is 0.910. The molecule has 0 spiro atoms. The molecule has 0 atom stereocenters. The SMILES string of the molecule is CSc1nnc(C(F)F)n1/N=C/c1ccc(COc2c(C)cccc2Cl)o1. The molecule has 10 heteroatoms. The second-order valence-corrected chi connectivity index (χ2v) is 6.56. The van der Waals surface area contributed by atoms with Gasteiger partial charge in [0.05, 0.1) is 11.2 Å². The second kappa shape index (κ2) is 8.53. The Morgan fingerprint density at radius 3 is 2.85 bits per heavy atom. The summed E-state index contributed by atoms with van der Waals surface area (Å²) in [5, 5.41) is 11.9. The molecule has 0 amide bonds. The maximum absolute atomic E-state index is 13.0. The molecule has 3 rings (SSSR count). The molecule has 0 aliphatic rings. The molecule has 0 fully saturated rings. The highest BCUT2D eigenvalue weighted by atomic mass is 35.5. The minimum Gasteiger partial charge on any atom is -0.484 e. The lowest BCUT2D eigenvalue weighted by atomic mass is 10.2. The molecule has 0 aliphatic heterocycles. The third kappa shape index (κ3) is 4.48. The number of benzene rings is 1. The second-order valence-electron chi connectivity index (χ2n) is 5.38. The molecule has 6 nitrogen and oxygen atoms in total. The van der Waals surface area contributed by atoms with Gasteiger partial charge in [0.15, 0.2) is 0 Å². The first-order valence-electron chi connectivity index (χ1n) is 7.78. The van der Waals surface area contributed by atoms with E-state index >= 15 is 0 Å². The molecule has 0 aliphatic carbocycles. The monoisotopic (exact) mass is 412 g/mol. The maximum Gasteiger partial charge on any atom is 0.299 e. The van der Waals surface area contributed by atoms with Crippen molar-refractivity contribution in [3.8, 4) is 5.75 Å². The quantitative estimate of drug-likeness (QED) is 0.405. The van der Waals surface area contributed by atoms with Crippen molar-refractivity contribution in [3.05, 3.63) is 58.3 Å². The molecule has 0 saturated heterocycles. The highest BCUT2D eigenvalue weighted by molar-refractivity contribution is 7.98. The molecule has 2 aromatic heterocycles. The molecule has 1 aromatic carbocycles. The number of aromatic nitrogens is 3. The van der Waals surface area contributed by atoms with Gasteiger partial charge in [-0.1, -0.05) is 35.5 Å². The lowest BCUT2D eigenvalue weighted by Crippen LogP contribution is -2.00. The zero-order chi connectivity index (χ0) is 19.4. The van der Waals surface area contributed by atoms with E-state index in [9.17, 15) is 8.78 Å². The van der Waals surface area contributed by atoms with Crippen LogP contribution >= 0.6 is 23.4 Å². The summed E-state index contributed by atoms with van der Waals surface area (Å²) in [6, 6.07) is 8.85. The molecule has 0 bridgehead atoms. The van der Waals surface area contributed by atoms with E-state index in [0.717, 1.165) is 22.0 Å². The van der Waals surface area contributed by atoms with Gasteiger partial charge in [-0.15, -0.1) is 10.2 Å². The van der Waals surface area contributed by atoms with Crippen LogP contribution in [0.3, 0.4) is 0 Å². The molecule has 0 saturated carbocycles. The molecule has 2 heterocycles. The van der Waals surface area contributed by atoms with Crippen LogP contribution in [-0.2, 0) is 6.61 Å². The average Bonchev–Trinajstić information content (AvgIpc) is 3.25. The van der Waals surface area contributed by atoms with E-state index in [-0.39, 0.29) is 11.8 Å². The maximum atomic E-state index is 13.0. The van der Waals surface area contributed by atoms with Gasteiger partial charge in [-0.05, 0) is 36.9 Å². The molecule has 0 radical (unpaired) electrons. The normalized spacial score (nSPS) is 11.6. The molecular formula is C17H15ClF2N4O2S. The van der Waals surface area contributed by atoms with Crippen LogP contribution in [0.15, 0.2) is 45.0 Å². The number of hydrogen-bond donors (Lipinski definition) is 0. The Balaban J connectivity index is 1.72. The summed E-state index contributed by atoms with van der Waals surface area (Å²) < 4.78 is 38.2. The summed E-state index contributed by atoms with van der Waals surface area (Å²) in [7, 11) is 0. The van der Waals surface area contributed by atoms with Crippen LogP contribution in [0.1, 0.15) is 29.3 Å². The van der Waals surface area contributed by atoms with Crippen molar-refractivity contribution in [1.29, 1.82) is 0 Å². The Labute approximate surface area is 163 Å². The lowest BCUT2D eigenvalue weighted by Gasteiger charge is -2.09. The van der Waals surface area contributed by atoms with E-state index in [4.69, 9.17) is 20.8 Å². The van der Waals surface area contributed by atoms with Gasteiger partial charge in [0, 0.05) is 0 Å². The van der Waals surface area contributed by atoms with Crippen molar-refractivity contribution in [3.63, 3.8) is 0 Å². The Hall–Kier alpha value is -2.39. The van der Waals surface area contributed by atoms with Crippen LogP contribution in [0.4, 0.5) is 8.78 Å². The van der Waals surface area contributed by atoms with E-state index in [2.05, 4.69) is 15.3 Å². The van der Waals surface area contributed by atoms with Gasteiger partial charge in [-0.3, -0.25) is 0 Å². The van der Waals surface area contributed by atoms with Crippen LogP contribution in [-0.4, -0.2) is 27.3 Å². The van der Waals surface area contributed by atoms with Gasteiger partial charge in [0.1, 0.15) is 23.9 Å². The predicted molar refractivity (Wildman–Crippen MR) is 99.0 cm³/mol. The van der Waals surface area contributed by atoms with Gasteiger partial charge < -0.3 is 9.15 Å². The number of nitrogens with zero attached hydrogens (tertiary/aromatic N) is 4. The van der Waals surface area contributed by atoms with Crippen LogP contribution in [0, 0.1) is 6.92 Å². The fourth-order valence-corrected chi connectivity index (χ4v) is 2.96. The summed E-state index contributed by atoms with van der Waals surface area (Å²) in [4.78, 5) is 0.